The molecule has 3 N–H and O–H groups in total. The van der Waals surface area contributed by atoms with E-state index in [1.54, 1.807) is 6.07 Å². The van der Waals surface area contributed by atoms with Crippen molar-refractivity contribution in [3.63, 3.8) is 0 Å². The summed E-state index contributed by atoms with van der Waals surface area (Å²) in [6.07, 6.45) is 3.18. The number of carbonyl (C=O) groups is 2. The van der Waals surface area contributed by atoms with Crippen LogP contribution in [0.3, 0.4) is 0 Å². The van der Waals surface area contributed by atoms with Gasteiger partial charge in [0.25, 0.3) is 0 Å². The van der Waals surface area contributed by atoms with Gasteiger partial charge in [0.2, 0.25) is 11.8 Å². The van der Waals surface area contributed by atoms with E-state index in [1.165, 1.54) is 12.0 Å². The van der Waals surface area contributed by atoms with Gasteiger partial charge < -0.3 is 20.1 Å². The molecule has 0 saturated carbocycles. The van der Waals surface area contributed by atoms with Gasteiger partial charge in [0.1, 0.15) is 0 Å². The number of methoxy groups -OCH3 is 1. The minimum atomic E-state index is -0.868. The summed E-state index contributed by atoms with van der Waals surface area (Å²) in [6, 6.07) is 13.5. The second kappa shape index (κ2) is 12.7. The number of carbonyl (C=O) groups excluding carboxylic acids is 2. The minimum absolute atomic E-state index is 0.0948. The van der Waals surface area contributed by atoms with Gasteiger partial charge in [-0.2, -0.15) is 0 Å². The Balaban J connectivity index is 1.62. The topological polar surface area (TPSA) is 107 Å². The van der Waals surface area contributed by atoms with Crippen molar-refractivity contribution < 1.29 is 29.6 Å². The molecule has 1 fully saturated rings. The summed E-state index contributed by atoms with van der Waals surface area (Å²) in [6.45, 7) is 3.91. The molecule has 0 bridgehead atoms. The van der Waals surface area contributed by atoms with E-state index in [-0.39, 0.29) is 24.2 Å². The molecular formula is C31H36INO6. The van der Waals surface area contributed by atoms with Gasteiger partial charge in [-0.25, -0.2) is 0 Å². The first kappa shape index (κ1) is 29.3. The number of hydrogen-bond donors (Lipinski definition) is 3. The molecule has 0 radical (unpaired) electrons. The molecule has 0 spiro atoms. The van der Waals surface area contributed by atoms with Crippen LogP contribution in [-0.2, 0) is 9.59 Å². The second-order valence-electron chi connectivity index (χ2n) is 10.3. The zero-order chi connectivity index (χ0) is 28.3. The van der Waals surface area contributed by atoms with Crippen LogP contribution in [0.15, 0.2) is 53.6 Å². The van der Waals surface area contributed by atoms with Crippen LogP contribution in [0.5, 0.6) is 11.5 Å². The van der Waals surface area contributed by atoms with Crippen LogP contribution in [0.25, 0.3) is 11.6 Å². The number of amides is 2. The number of aliphatic hydroxyl groups excluding tert-OH is 2. The Morgan fingerprint density at radius 3 is 2.56 bits per heavy atom. The second-order valence-corrected chi connectivity index (χ2v) is 11.5. The average Bonchev–Trinajstić information content (AvgIpc) is 3.16. The smallest absolute Gasteiger partial charge is 0.233 e. The van der Waals surface area contributed by atoms with Gasteiger partial charge in [-0.05, 0) is 89.6 Å². The highest BCUT2D eigenvalue weighted by atomic mass is 127. The highest BCUT2D eigenvalue weighted by molar-refractivity contribution is 14.1. The lowest BCUT2D eigenvalue weighted by Crippen LogP contribution is -2.38. The lowest BCUT2D eigenvalue weighted by atomic mass is 9.68. The summed E-state index contributed by atoms with van der Waals surface area (Å²) < 4.78 is 6.00. The van der Waals surface area contributed by atoms with E-state index in [0.29, 0.717) is 47.1 Å². The van der Waals surface area contributed by atoms with Crippen molar-refractivity contribution >= 4 is 46.1 Å². The number of allylic oxidation sites excluding steroid dienone is 2. The number of nitrogens with zero attached hydrogens (tertiary/aromatic N) is 1. The van der Waals surface area contributed by atoms with Gasteiger partial charge in [-0.1, -0.05) is 48.9 Å². The molecule has 208 valence electrons. The van der Waals surface area contributed by atoms with Crippen molar-refractivity contribution in [2.24, 2.45) is 17.8 Å². The van der Waals surface area contributed by atoms with E-state index in [4.69, 9.17) is 4.74 Å². The number of imide groups is 1. The molecule has 1 saturated heterocycles. The van der Waals surface area contributed by atoms with E-state index in [1.807, 2.05) is 56.3 Å². The Bertz CT molecular complexity index is 1290. The van der Waals surface area contributed by atoms with Gasteiger partial charge in [-0.15, -0.1) is 0 Å². The van der Waals surface area contributed by atoms with Crippen molar-refractivity contribution in [3.8, 4) is 11.5 Å². The van der Waals surface area contributed by atoms with Crippen molar-refractivity contribution in [2.45, 2.75) is 45.6 Å². The molecule has 2 aromatic carbocycles. The van der Waals surface area contributed by atoms with Gasteiger partial charge in [-0.3, -0.25) is 14.5 Å². The highest BCUT2D eigenvalue weighted by Crippen LogP contribution is 2.46. The summed E-state index contributed by atoms with van der Waals surface area (Å²) in [5, 5.41) is 32.1. The fourth-order valence-corrected chi connectivity index (χ4v) is 6.69. The van der Waals surface area contributed by atoms with Crippen molar-refractivity contribution in [3.05, 3.63) is 68.3 Å². The summed E-state index contributed by atoms with van der Waals surface area (Å²) in [5.74, 6) is -1.59. The van der Waals surface area contributed by atoms with Gasteiger partial charge in [0.15, 0.2) is 11.5 Å². The average molecular weight is 646 g/mol. The van der Waals surface area contributed by atoms with Crippen LogP contribution in [0.4, 0.5) is 0 Å². The fourth-order valence-electron chi connectivity index (χ4n) is 6.06. The number of rotatable bonds is 10. The quantitative estimate of drug-likeness (QED) is 0.145. The van der Waals surface area contributed by atoms with Gasteiger partial charge >= 0.3 is 0 Å². The van der Waals surface area contributed by atoms with E-state index in [2.05, 4.69) is 22.6 Å². The van der Waals surface area contributed by atoms with Crippen LogP contribution in [0.1, 0.15) is 50.7 Å². The molecule has 2 aromatic rings. The Hall–Kier alpha value is -2.69. The predicted octanol–water partition coefficient (Wildman–Crippen LogP) is 5.03. The Morgan fingerprint density at radius 2 is 1.92 bits per heavy atom. The molecule has 39 heavy (non-hydrogen) atoms. The number of aromatic hydroxyl groups is 1. The summed E-state index contributed by atoms with van der Waals surface area (Å²) >= 11 is 2.07. The normalized spacial score (nSPS) is 22.4. The molecule has 2 amide bonds. The van der Waals surface area contributed by atoms with E-state index >= 15 is 0 Å². The number of ether oxygens (including phenoxy) is 1. The fraction of sp³-hybridized carbons (Fsp3) is 0.419. The zero-order valence-electron chi connectivity index (χ0n) is 22.6. The maximum Gasteiger partial charge on any atom is 0.233 e. The molecule has 8 heteroatoms. The van der Waals surface area contributed by atoms with Gasteiger partial charge in [0.05, 0.1) is 35.2 Å². The van der Waals surface area contributed by atoms with Crippen LogP contribution in [-0.4, -0.2) is 58.4 Å². The summed E-state index contributed by atoms with van der Waals surface area (Å²) in [7, 11) is 1.51. The number of hydrogen-bond acceptors (Lipinski definition) is 6. The highest BCUT2D eigenvalue weighted by Gasteiger charge is 2.54. The minimum Gasteiger partial charge on any atom is -0.504 e. The third kappa shape index (κ3) is 5.93. The first-order valence-corrected chi connectivity index (χ1v) is 14.5. The predicted molar refractivity (Wildman–Crippen MR) is 159 cm³/mol. The van der Waals surface area contributed by atoms with E-state index in [9.17, 15) is 24.9 Å². The SMILES string of the molecule is CCCN1C(=O)[C@@H]2[C@@H](CC(C)=C([C@H](O)CC/C(=C/c3cc(I)c(O)c(OC)c3)c3ccccc3)[C@@H]2CO)C1=O. The zero-order valence-corrected chi connectivity index (χ0v) is 24.7. The molecular weight excluding hydrogens is 609 g/mol. The Kier molecular flexibility index (Phi) is 9.51. The van der Waals surface area contributed by atoms with Crippen LogP contribution in [0.2, 0.25) is 0 Å². The van der Waals surface area contributed by atoms with Crippen molar-refractivity contribution in [1.29, 1.82) is 0 Å². The lowest BCUT2D eigenvalue weighted by Gasteiger charge is -2.35. The summed E-state index contributed by atoms with van der Waals surface area (Å²) in [5.41, 5.74) is 4.42. The molecule has 1 heterocycles. The molecule has 7 nitrogen and oxygen atoms in total. The number of phenolic OH excluding ortho intramolecular Hbond substituents is 1. The Labute approximate surface area is 243 Å². The molecule has 1 aliphatic heterocycles. The molecule has 0 aromatic heterocycles. The number of phenols is 1. The maximum atomic E-state index is 13.2. The van der Waals surface area contributed by atoms with E-state index < -0.39 is 23.9 Å². The third-order valence-electron chi connectivity index (χ3n) is 7.87. The number of halogens is 1. The number of aliphatic hydroxyl groups is 2. The lowest BCUT2D eigenvalue weighted by molar-refractivity contribution is -0.140. The first-order valence-electron chi connectivity index (χ1n) is 13.4. The van der Waals surface area contributed by atoms with Crippen LogP contribution < -0.4 is 4.74 Å². The maximum absolute atomic E-state index is 13.2. The molecule has 2 aliphatic rings. The Morgan fingerprint density at radius 1 is 1.21 bits per heavy atom. The van der Waals surface area contributed by atoms with Gasteiger partial charge in [0, 0.05) is 12.5 Å². The standard InChI is InChI=1S/C31H36INO6/c1-4-12-33-30(37)22-13-18(2)27(23(17-34)28(22)31(33)38)25(35)11-10-21(20-8-6-5-7-9-20)14-19-15-24(32)29(36)26(16-19)39-3/h5-9,14-16,22-23,25,28,34-36H,4,10-13,17H2,1-3H3/b21-14-/t22-,23+,25-,28-/m1/s1. The summed E-state index contributed by atoms with van der Waals surface area (Å²) in [4.78, 5) is 27.5. The number of likely N-dealkylation sites (tertiary alicyclic amines) is 1. The first-order chi connectivity index (χ1) is 18.7. The van der Waals surface area contributed by atoms with Crippen LogP contribution in [0, 0.1) is 21.3 Å². The van der Waals surface area contributed by atoms with E-state index in [0.717, 1.165) is 22.3 Å². The van der Waals surface area contributed by atoms with Crippen LogP contribution >= 0.6 is 22.6 Å². The number of benzene rings is 2. The van der Waals surface area contributed by atoms with Crippen molar-refractivity contribution in [1.82, 2.24) is 4.90 Å². The largest absolute Gasteiger partial charge is 0.504 e. The number of fused-ring (bicyclic) bond motifs is 1. The molecule has 1 aliphatic carbocycles. The molecule has 4 rings (SSSR count). The van der Waals surface area contributed by atoms with Crippen molar-refractivity contribution in [2.75, 3.05) is 20.3 Å². The monoisotopic (exact) mass is 645 g/mol. The molecule has 4 atom stereocenters. The third-order valence-corrected chi connectivity index (χ3v) is 8.69. The molecule has 0 unspecified atom stereocenters.